The van der Waals surface area contributed by atoms with Crippen LogP contribution in [0.25, 0.3) is 0 Å². The van der Waals surface area contributed by atoms with Gasteiger partial charge >= 0.3 is 12.2 Å². The minimum Gasteiger partial charge on any atom is -0.442 e. The monoisotopic (exact) mass is 316 g/mol. The molecule has 2 amide bonds. The highest BCUT2D eigenvalue weighted by Gasteiger charge is 2.28. The number of carbonyl (C=O) groups excluding carboxylic acids is 2. The van der Waals surface area contributed by atoms with Crippen LogP contribution in [0.15, 0.2) is 0 Å². The van der Waals surface area contributed by atoms with Gasteiger partial charge in [-0.25, -0.2) is 9.59 Å². The highest BCUT2D eigenvalue weighted by Crippen LogP contribution is 2.15. The molecule has 0 aliphatic carbocycles. The quantitative estimate of drug-likeness (QED) is 0.653. The molecular weight excluding hydrogens is 284 g/mol. The molecule has 0 spiro atoms. The van der Waals surface area contributed by atoms with E-state index in [1.807, 2.05) is 41.5 Å². The van der Waals surface area contributed by atoms with Crippen molar-refractivity contribution in [2.45, 2.75) is 66.6 Å². The van der Waals surface area contributed by atoms with E-state index in [9.17, 15) is 9.59 Å². The lowest BCUT2D eigenvalue weighted by Crippen LogP contribution is -2.42. The lowest BCUT2D eigenvalue weighted by Gasteiger charge is -2.29. The topological polar surface area (TPSA) is 59.1 Å². The minimum absolute atomic E-state index is 0.353. The predicted octanol–water partition coefficient (Wildman–Crippen LogP) is 3.50. The smallest absolute Gasteiger partial charge is 0.410 e. The van der Waals surface area contributed by atoms with E-state index >= 15 is 0 Å². The molecule has 6 nitrogen and oxygen atoms in total. The zero-order valence-corrected chi connectivity index (χ0v) is 14.9. The molecule has 0 rings (SSSR count). The van der Waals surface area contributed by atoms with Gasteiger partial charge in [-0.1, -0.05) is 13.8 Å². The number of hydrogen-bond acceptors (Lipinski definition) is 4. The van der Waals surface area contributed by atoms with Crippen molar-refractivity contribution < 1.29 is 19.1 Å². The third-order valence-corrected chi connectivity index (χ3v) is 3.77. The maximum atomic E-state index is 12.1. The van der Waals surface area contributed by atoms with Crippen molar-refractivity contribution in [3.05, 3.63) is 0 Å². The second kappa shape index (κ2) is 11.2. The summed E-state index contributed by atoms with van der Waals surface area (Å²) in [6.07, 6.45) is -0.327. The molecule has 6 heteroatoms. The van der Waals surface area contributed by atoms with Gasteiger partial charge in [-0.3, -0.25) is 0 Å². The van der Waals surface area contributed by atoms with Gasteiger partial charge in [-0.05, 0) is 40.5 Å². The van der Waals surface area contributed by atoms with E-state index in [2.05, 4.69) is 0 Å². The van der Waals surface area contributed by atoms with E-state index in [0.29, 0.717) is 39.0 Å². The van der Waals surface area contributed by atoms with Crippen molar-refractivity contribution in [1.29, 1.82) is 0 Å². The molecule has 0 bridgehead atoms. The summed E-state index contributed by atoms with van der Waals surface area (Å²) < 4.78 is 11.1. The molecule has 0 aliphatic heterocycles. The number of hydrogen-bond donors (Lipinski definition) is 0. The van der Waals surface area contributed by atoms with E-state index in [0.717, 1.165) is 0 Å². The van der Waals surface area contributed by atoms with Gasteiger partial charge in [0.05, 0.1) is 0 Å². The summed E-state index contributed by atoms with van der Waals surface area (Å²) in [7, 11) is 0. The highest BCUT2D eigenvalue weighted by molar-refractivity contribution is 5.68. The average molecular weight is 316 g/mol. The van der Waals surface area contributed by atoms with Crippen LogP contribution < -0.4 is 0 Å². The first-order valence-electron chi connectivity index (χ1n) is 8.39. The van der Waals surface area contributed by atoms with Gasteiger partial charge < -0.3 is 19.3 Å². The van der Waals surface area contributed by atoms with Gasteiger partial charge in [0, 0.05) is 26.2 Å². The van der Waals surface area contributed by atoms with Gasteiger partial charge in [-0.2, -0.15) is 0 Å². The molecule has 0 fully saturated rings. The third kappa shape index (κ3) is 6.12. The Morgan fingerprint density at radius 3 is 1.14 bits per heavy atom. The largest absolute Gasteiger partial charge is 0.442 e. The van der Waals surface area contributed by atoms with Crippen LogP contribution in [-0.2, 0) is 9.47 Å². The van der Waals surface area contributed by atoms with Crippen molar-refractivity contribution in [2.75, 3.05) is 26.2 Å². The molecule has 0 aliphatic rings. The summed E-state index contributed by atoms with van der Waals surface area (Å²) in [5.41, 5.74) is 0. The Labute approximate surface area is 134 Å². The third-order valence-electron chi connectivity index (χ3n) is 3.77. The van der Waals surface area contributed by atoms with Crippen molar-refractivity contribution >= 4 is 12.2 Å². The Hall–Kier alpha value is -1.46. The van der Waals surface area contributed by atoms with Crippen LogP contribution in [0.5, 0.6) is 0 Å². The molecule has 0 heterocycles. The summed E-state index contributed by atoms with van der Waals surface area (Å²) in [4.78, 5) is 27.4. The Bertz CT molecular complexity index is 296. The molecule has 0 N–H and O–H groups in total. The Kier molecular flexibility index (Phi) is 10.4. The van der Waals surface area contributed by atoms with Gasteiger partial charge in [0.15, 0.2) is 0 Å². The normalized spacial score (nSPS) is 13.2. The van der Waals surface area contributed by atoms with Crippen molar-refractivity contribution in [3.8, 4) is 0 Å². The molecule has 0 aromatic heterocycles. The van der Waals surface area contributed by atoms with Gasteiger partial charge in [-0.15, -0.1) is 0 Å². The molecule has 2 atom stereocenters. The van der Waals surface area contributed by atoms with Crippen LogP contribution in [0.4, 0.5) is 9.59 Å². The Morgan fingerprint density at radius 2 is 0.955 bits per heavy atom. The van der Waals surface area contributed by atoms with E-state index in [1.54, 1.807) is 9.80 Å². The summed E-state index contributed by atoms with van der Waals surface area (Å²) >= 11 is 0. The maximum absolute atomic E-state index is 12.1. The van der Waals surface area contributed by atoms with Crippen LogP contribution in [0.1, 0.15) is 54.4 Å². The van der Waals surface area contributed by atoms with Crippen molar-refractivity contribution in [2.24, 2.45) is 0 Å². The van der Waals surface area contributed by atoms with Crippen LogP contribution in [0, 0.1) is 0 Å². The minimum atomic E-state index is -0.419. The summed E-state index contributed by atoms with van der Waals surface area (Å²) in [5.74, 6) is 0. The fraction of sp³-hybridized carbons (Fsp3) is 0.875. The molecule has 0 radical (unpaired) electrons. The number of carbonyl (C=O) groups is 2. The summed E-state index contributed by atoms with van der Waals surface area (Å²) in [6.45, 7) is 13.9. The maximum Gasteiger partial charge on any atom is 0.410 e. The van der Waals surface area contributed by atoms with Crippen LogP contribution in [0.3, 0.4) is 0 Å². The summed E-state index contributed by atoms with van der Waals surface area (Å²) in [6, 6.07) is 0. The Morgan fingerprint density at radius 1 is 0.682 bits per heavy atom. The lowest BCUT2D eigenvalue weighted by molar-refractivity contribution is -0.0317. The molecule has 22 heavy (non-hydrogen) atoms. The zero-order chi connectivity index (χ0) is 17.1. The molecular formula is C16H32N2O4. The zero-order valence-electron chi connectivity index (χ0n) is 14.9. The molecule has 0 saturated carbocycles. The molecule has 0 aromatic carbocycles. The van der Waals surface area contributed by atoms with Crippen LogP contribution >= 0.6 is 0 Å². The molecule has 0 aromatic rings. The SMILES string of the molecule is CCC(OC(=O)N(CC)CC)C(CC)OC(=O)N(CC)CC. The lowest BCUT2D eigenvalue weighted by atomic mass is 10.1. The van der Waals surface area contributed by atoms with E-state index in [1.165, 1.54) is 0 Å². The number of ether oxygens (including phenoxy) is 2. The van der Waals surface area contributed by atoms with Crippen LogP contribution in [-0.4, -0.2) is 60.4 Å². The molecule has 130 valence electrons. The van der Waals surface area contributed by atoms with Crippen molar-refractivity contribution in [1.82, 2.24) is 9.80 Å². The second-order valence-electron chi connectivity index (χ2n) is 5.01. The predicted molar refractivity (Wildman–Crippen MR) is 87.0 cm³/mol. The van der Waals surface area contributed by atoms with E-state index in [-0.39, 0.29) is 12.2 Å². The standard InChI is InChI=1S/C16H32N2O4/c1-7-13(21-15(19)17(9-3)10-4)14(8-2)22-16(20)18(11-5)12-6/h13-14H,7-12H2,1-6H3. The highest BCUT2D eigenvalue weighted by atomic mass is 16.6. The number of rotatable bonds is 9. The first-order valence-corrected chi connectivity index (χ1v) is 8.39. The average Bonchev–Trinajstić information content (AvgIpc) is 2.52. The van der Waals surface area contributed by atoms with Gasteiger partial charge in [0.1, 0.15) is 12.2 Å². The summed E-state index contributed by atoms with van der Waals surface area (Å²) in [5, 5.41) is 0. The van der Waals surface area contributed by atoms with Crippen LogP contribution in [0.2, 0.25) is 0 Å². The fourth-order valence-electron chi connectivity index (χ4n) is 2.22. The van der Waals surface area contributed by atoms with E-state index in [4.69, 9.17) is 9.47 Å². The van der Waals surface area contributed by atoms with Gasteiger partial charge in [0.25, 0.3) is 0 Å². The number of nitrogens with zero attached hydrogens (tertiary/aromatic N) is 2. The van der Waals surface area contributed by atoms with E-state index < -0.39 is 12.2 Å². The van der Waals surface area contributed by atoms with Crippen molar-refractivity contribution in [3.63, 3.8) is 0 Å². The second-order valence-corrected chi connectivity index (χ2v) is 5.01. The fourth-order valence-corrected chi connectivity index (χ4v) is 2.22. The first-order chi connectivity index (χ1) is 10.5. The first kappa shape index (κ1) is 20.5. The molecule has 0 saturated heterocycles. The van der Waals surface area contributed by atoms with Gasteiger partial charge in [0.2, 0.25) is 0 Å². The number of amides is 2. The molecule has 2 unspecified atom stereocenters. The Balaban J connectivity index is 4.79.